The van der Waals surface area contributed by atoms with Crippen LogP contribution in [0.5, 0.6) is 5.75 Å². The monoisotopic (exact) mass is 266 g/mol. The number of aromatic carboxylic acids is 1. The second kappa shape index (κ2) is 5.10. The summed E-state index contributed by atoms with van der Waals surface area (Å²) >= 11 is 5.82. The summed E-state index contributed by atoms with van der Waals surface area (Å²) in [5.41, 5.74) is 0.00203. The molecule has 6 heteroatoms. The van der Waals surface area contributed by atoms with E-state index in [1.165, 1.54) is 6.20 Å². The molecule has 0 fully saturated rings. The molecule has 0 unspecified atom stereocenters. The highest BCUT2D eigenvalue weighted by molar-refractivity contribution is 6.30. The Morgan fingerprint density at radius 2 is 2.33 bits per heavy atom. The number of carboxylic acid groups (broad SMARTS) is 1. The summed E-state index contributed by atoms with van der Waals surface area (Å²) in [5.74, 6) is 0.0920. The Bertz CT molecular complexity index is 580. The number of aryl methyl sites for hydroxylation is 1. The Hall–Kier alpha value is -2.01. The van der Waals surface area contributed by atoms with Crippen LogP contribution in [0.1, 0.15) is 16.3 Å². The molecular formula is C12H11ClN2O3. The number of carbonyl (C=O) groups is 1. The molecular weight excluding hydrogens is 256 g/mol. The molecule has 0 aliphatic rings. The molecule has 2 aromatic rings. The number of hydrogen-bond acceptors (Lipinski definition) is 3. The molecule has 0 saturated carbocycles. The van der Waals surface area contributed by atoms with Crippen molar-refractivity contribution < 1.29 is 14.6 Å². The summed E-state index contributed by atoms with van der Waals surface area (Å²) in [4.78, 5) is 14.7. The molecule has 0 aliphatic heterocycles. The van der Waals surface area contributed by atoms with Crippen molar-refractivity contribution in [3.8, 4) is 5.75 Å². The maximum absolute atomic E-state index is 10.8. The van der Waals surface area contributed by atoms with Gasteiger partial charge < -0.3 is 14.4 Å². The third-order valence-electron chi connectivity index (χ3n) is 2.36. The van der Waals surface area contributed by atoms with Gasteiger partial charge in [0.1, 0.15) is 18.2 Å². The van der Waals surface area contributed by atoms with E-state index in [-0.39, 0.29) is 12.3 Å². The van der Waals surface area contributed by atoms with Crippen LogP contribution in [0.4, 0.5) is 0 Å². The van der Waals surface area contributed by atoms with Crippen molar-refractivity contribution in [2.24, 2.45) is 7.05 Å². The van der Waals surface area contributed by atoms with Crippen molar-refractivity contribution in [3.63, 3.8) is 0 Å². The van der Waals surface area contributed by atoms with Crippen molar-refractivity contribution in [1.29, 1.82) is 0 Å². The smallest absolute Gasteiger partial charge is 0.356 e. The molecule has 0 radical (unpaired) electrons. The van der Waals surface area contributed by atoms with Gasteiger partial charge in [0.25, 0.3) is 0 Å². The van der Waals surface area contributed by atoms with Gasteiger partial charge in [-0.05, 0) is 18.2 Å². The lowest BCUT2D eigenvalue weighted by molar-refractivity contribution is 0.0690. The first-order chi connectivity index (χ1) is 8.56. The van der Waals surface area contributed by atoms with Gasteiger partial charge in [-0.25, -0.2) is 9.78 Å². The van der Waals surface area contributed by atoms with Gasteiger partial charge in [-0.1, -0.05) is 17.7 Å². The van der Waals surface area contributed by atoms with E-state index in [1.54, 1.807) is 35.9 Å². The van der Waals surface area contributed by atoms with E-state index in [1.807, 2.05) is 0 Å². The normalized spacial score (nSPS) is 10.3. The van der Waals surface area contributed by atoms with Crippen LogP contribution < -0.4 is 4.74 Å². The lowest BCUT2D eigenvalue weighted by Crippen LogP contribution is -2.03. The van der Waals surface area contributed by atoms with Crippen molar-refractivity contribution in [1.82, 2.24) is 9.55 Å². The molecule has 1 N–H and O–H groups in total. The van der Waals surface area contributed by atoms with Gasteiger partial charge in [-0.2, -0.15) is 0 Å². The summed E-state index contributed by atoms with van der Waals surface area (Å²) in [6, 6.07) is 6.98. The fourth-order valence-electron chi connectivity index (χ4n) is 1.45. The van der Waals surface area contributed by atoms with Crippen LogP contribution in [0.15, 0.2) is 30.5 Å². The van der Waals surface area contributed by atoms with Crippen LogP contribution in [-0.2, 0) is 13.7 Å². The number of nitrogens with zero attached hydrogens (tertiary/aromatic N) is 2. The van der Waals surface area contributed by atoms with Crippen molar-refractivity contribution >= 4 is 17.6 Å². The molecule has 2 rings (SSSR count). The van der Waals surface area contributed by atoms with Crippen LogP contribution in [0, 0.1) is 0 Å². The minimum Gasteiger partial charge on any atom is -0.486 e. The molecule has 5 nitrogen and oxygen atoms in total. The largest absolute Gasteiger partial charge is 0.486 e. The average molecular weight is 267 g/mol. The second-order valence-corrected chi connectivity index (χ2v) is 4.14. The highest BCUT2D eigenvalue weighted by Crippen LogP contribution is 2.18. The van der Waals surface area contributed by atoms with Gasteiger partial charge in [-0.3, -0.25) is 0 Å². The van der Waals surface area contributed by atoms with E-state index >= 15 is 0 Å². The third kappa shape index (κ3) is 2.81. The molecule has 1 aromatic carbocycles. The topological polar surface area (TPSA) is 64.4 Å². The van der Waals surface area contributed by atoms with Gasteiger partial charge in [0.2, 0.25) is 0 Å². The minimum absolute atomic E-state index is 0.00203. The predicted molar refractivity (Wildman–Crippen MR) is 66.0 cm³/mol. The van der Waals surface area contributed by atoms with Crippen LogP contribution in [0.3, 0.4) is 0 Å². The summed E-state index contributed by atoms with van der Waals surface area (Å²) < 4.78 is 7.11. The standard InChI is InChI=1S/C12H11ClN2O3/c1-15-6-10(12(16)17)14-11(15)7-18-9-4-2-3-8(13)5-9/h2-6H,7H2,1H3,(H,16,17). The Balaban J connectivity index is 2.08. The Labute approximate surface area is 109 Å². The zero-order valence-electron chi connectivity index (χ0n) is 9.63. The molecule has 0 aliphatic carbocycles. The number of ether oxygens (including phenoxy) is 1. The SMILES string of the molecule is Cn1cc(C(=O)O)nc1COc1cccc(Cl)c1. The van der Waals surface area contributed by atoms with Gasteiger partial charge in [0.05, 0.1) is 0 Å². The molecule has 0 atom stereocenters. The molecule has 1 heterocycles. The second-order valence-electron chi connectivity index (χ2n) is 3.70. The Morgan fingerprint density at radius 3 is 2.94 bits per heavy atom. The van der Waals surface area contributed by atoms with E-state index in [4.69, 9.17) is 21.4 Å². The maximum Gasteiger partial charge on any atom is 0.356 e. The van der Waals surface area contributed by atoms with E-state index < -0.39 is 5.97 Å². The highest BCUT2D eigenvalue weighted by atomic mass is 35.5. The zero-order chi connectivity index (χ0) is 13.1. The number of imidazole rings is 1. The first-order valence-electron chi connectivity index (χ1n) is 5.20. The molecule has 94 valence electrons. The summed E-state index contributed by atoms with van der Waals surface area (Å²) in [6.07, 6.45) is 1.44. The molecule has 0 saturated heterocycles. The summed E-state index contributed by atoms with van der Waals surface area (Å²) in [6.45, 7) is 0.185. The van der Waals surface area contributed by atoms with Crippen LogP contribution in [0.2, 0.25) is 5.02 Å². The zero-order valence-corrected chi connectivity index (χ0v) is 10.4. The Kier molecular flexibility index (Phi) is 3.53. The van der Waals surface area contributed by atoms with Crippen LogP contribution >= 0.6 is 11.6 Å². The van der Waals surface area contributed by atoms with Crippen molar-refractivity contribution in [2.45, 2.75) is 6.61 Å². The quantitative estimate of drug-likeness (QED) is 0.923. The first kappa shape index (κ1) is 12.4. The Morgan fingerprint density at radius 1 is 1.56 bits per heavy atom. The number of hydrogen-bond donors (Lipinski definition) is 1. The van der Waals surface area contributed by atoms with E-state index in [0.29, 0.717) is 16.6 Å². The number of aromatic nitrogens is 2. The number of rotatable bonds is 4. The van der Waals surface area contributed by atoms with Gasteiger partial charge in [0, 0.05) is 18.3 Å². The predicted octanol–water partition coefficient (Wildman–Crippen LogP) is 2.35. The maximum atomic E-state index is 10.8. The van der Waals surface area contributed by atoms with Crippen LogP contribution in [-0.4, -0.2) is 20.6 Å². The molecule has 0 bridgehead atoms. The fraction of sp³-hybridized carbons (Fsp3) is 0.167. The third-order valence-corrected chi connectivity index (χ3v) is 2.59. The molecule has 0 spiro atoms. The molecule has 18 heavy (non-hydrogen) atoms. The van der Waals surface area contributed by atoms with E-state index in [0.717, 1.165) is 0 Å². The van der Waals surface area contributed by atoms with Crippen molar-refractivity contribution in [2.75, 3.05) is 0 Å². The number of halogens is 1. The molecule has 1 aromatic heterocycles. The lowest BCUT2D eigenvalue weighted by atomic mass is 10.3. The highest BCUT2D eigenvalue weighted by Gasteiger charge is 2.11. The van der Waals surface area contributed by atoms with E-state index in [2.05, 4.69) is 4.98 Å². The fourth-order valence-corrected chi connectivity index (χ4v) is 1.63. The lowest BCUT2D eigenvalue weighted by Gasteiger charge is -2.05. The number of carboxylic acids is 1. The van der Waals surface area contributed by atoms with Crippen LogP contribution in [0.25, 0.3) is 0 Å². The number of benzene rings is 1. The summed E-state index contributed by atoms with van der Waals surface area (Å²) in [7, 11) is 1.72. The first-order valence-corrected chi connectivity index (χ1v) is 5.58. The van der Waals surface area contributed by atoms with Gasteiger partial charge >= 0.3 is 5.97 Å². The van der Waals surface area contributed by atoms with Gasteiger partial charge in [-0.15, -0.1) is 0 Å². The minimum atomic E-state index is -1.06. The average Bonchev–Trinajstić information content (AvgIpc) is 2.68. The van der Waals surface area contributed by atoms with Gasteiger partial charge in [0.15, 0.2) is 5.69 Å². The van der Waals surface area contributed by atoms with Crippen molar-refractivity contribution in [3.05, 3.63) is 47.0 Å². The molecule has 0 amide bonds. The van der Waals surface area contributed by atoms with E-state index in [9.17, 15) is 4.79 Å². The summed E-state index contributed by atoms with van der Waals surface area (Å²) in [5, 5.41) is 9.39.